The van der Waals surface area contributed by atoms with Crippen molar-refractivity contribution in [3.05, 3.63) is 36.4 Å². The van der Waals surface area contributed by atoms with Gasteiger partial charge in [-0.05, 0) is 37.1 Å². The SMILES string of the molecule is O=C(Nc1ccc(N2CCOC2=O)cc1)[C@H]1CC=CC[C@H]1C(=O)O. The van der Waals surface area contributed by atoms with Crippen molar-refractivity contribution in [2.45, 2.75) is 12.8 Å². The molecule has 0 spiro atoms. The molecule has 1 aromatic rings. The Labute approximate surface area is 138 Å². The normalized spacial score (nSPS) is 23.0. The van der Waals surface area contributed by atoms with E-state index in [4.69, 9.17) is 4.74 Å². The monoisotopic (exact) mass is 330 g/mol. The summed E-state index contributed by atoms with van der Waals surface area (Å²) in [4.78, 5) is 36.7. The Morgan fingerprint density at radius 1 is 1.12 bits per heavy atom. The van der Waals surface area contributed by atoms with Crippen LogP contribution >= 0.6 is 0 Å². The van der Waals surface area contributed by atoms with E-state index in [1.165, 1.54) is 4.90 Å². The van der Waals surface area contributed by atoms with E-state index in [2.05, 4.69) is 5.32 Å². The van der Waals surface area contributed by atoms with Crippen molar-refractivity contribution < 1.29 is 24.2 Å². The molecule has 1 saturated heterocycles. The van der Waals surface area contributed by atoms with Crippen molar-refractivity contribution in [3.8, 4) is 0 Å². The van der Waals surface area contributed by atoms with Gasteiger partial charge in [-0.3, -0.25) is 14.5 Å². The zero-order valence-corrected chi connectivity index (χ0v) is 13.0. The van der Waals surface area contributed by atoms with Crippen molar-refractivity contribution in [3.63, 3.8) is 0 Å². The van der Waals surface area contributed by atoms with Crippen LogP contribution in [0.25, 0.3) is 0 Å². The molecule has 2 atom stereocenters. The lowest BCUT2D eigenvalue weighted by molar-refractivity contribution is -0.146. The minimum Gasteiger partial charge on any atom is -0.481 e. The molecule has 24 heavy (non-hydrogen) atoms. The maximum atomic E-state index is 12.4. The molecule has 0 saturated carbocycles. The lowest BCUT2D eigenvalue weighted by Crippen LogP contribution is -2.34. The van der Waals surface area contributed by atoms with Gasteiger partial charge in [-0.1, -0.05) is 12.2 Å². The molecule has 1 aliphatic carbocycles. The summed E-state index contributed by atoms with van der Waals surface area (Å²) in [6, 6.07) is 6.82. The predicted octanol–water partition coefficient (Wildman–Crippen LogP) is 2.25. The molecule has 1 aliphatic heterocycles. The topological polar surface area (TPSA) is 95.9 Å². The van der Waals surface area contributed by atoms with Crippen LogP contribution < -0.4 is 10.2 Å². The fourth-order valence-corrected chi connectivity index (χ4v) is 2.96. The molecule has 7 heteroatoms. The van der Waals surface area contributed by atoms with Gasteiger partial charge in [0.1, 0.15) is 6.61 Å². The number of anilines is 2. The highest BCUT2D eigenvalue weighted by molar-refractivity contribution is 5.96. The third kappa shape index (κ3) is 3.24. The molecular weight excluding hydrogens is 312 g/mol. The van der Waals surface area contributed by atoms with Crippen LogP contribution in [-0.2, 0) is 14.3 Å². The summed E-state index contributed by atoms with van der Waals surface area (Å²) in [5.41, 5.74) is 1.26. The number of hydrogen-bond donors (Lipinski definition) is 2. The zero-order chi connectivity index (χ0) is 17.1. The number of ether oxygens (including phenoxy) is 1. The molecular formula is C17H18N2O5. The van der Waals surface area contributed by atoms with E-state index in [0.717, 1.165) is 0 Å². The first-order chi connectivity index (χ1) is 11.6. The highest BCUT2D eigenvalue weighted by Crippen LogP contribution is 2.28. The van der Waals surface area contributed by atoms with Crippen LogP contribution in [0, 0.1) is 11.8 Å². The fraction of sp³-hybridized carbons (Fsp3) is 0.353. The van der Waals surface area contributed by atoms with Gasteiger partial charge in [0.15, 0.2) is 0 Å². The number of rotatable bonds is 4. The van der Waals surface area contributed by atoms with Gasteiger partial charge in [-0.2, -0.15) is 0 Å². The Balaban J connectivity index is 1.67. The molecule has 2 N–H and O–H groups in total. The molecule has 3 rings (SSSR count). The van der Waals surface area contributed by atoms with E-state index in [1.807, 2.05) is 6.08 Å². The van der Waals surface area contributed by atoms with Gasteiger partial charge in [0.05, 0.1) is 18.4 Å². The van der Waals surface area contributed by atoms with E-state index in [9.17, 15) is 19.5 Å². The Kier molecular flexibility index (Phi) is 4.50. The van der Waals surface area contributed by atoms with Crippen molar-refractivity contribution in [1.82, 2.24) is 0 Å². The van der Waals surface area contributed by atoms with E-state index in [1.54, 1.807) is 30.3 Å². The Hall–Kier alpha value is -2.83. The van der Waals surface area contributed by atoms with Gasteiger partial charge >= 0.3 is 12.1 Å². The van der Waals surface area contributed by atoms with E-state index < -0.39 is 17.8 Å². The second-order valence-electron chi connectivity index (χ2n) is 5.80. The summed E-state index contributed by atoms with van der Waals surface area (Å²) in [5.74, 6) is -2.54. The van der Waals surface area contributed by atoms with Crippen LogP contribution in [0.2, 0.25) is 0 Å². The average molecular weight is 330 g/mol. The van der Waals surface area contributed by atoms with Gasteiger partial charge in [-0.15, -0.1) is 0 Å². The lowest BCUT2D eigenvalue weighted by atomic mass is 9.82. The second-order valence-corrected chi connectivity index (χ2v) is 5.80. The van der Waals surface area contributed by atoms with Crippen LogP contribution in [0.1, 0.15) is 12.8 Å². The molecule has 7 nitrogen and oxygen atoms in total. The van der Waals surface area contributed by atoms with Gasteiger partial charge in [0.2, 0.25) is 5.91 Å². The van der Waals surface area contributed by atoms with Crippen molar-refractivity contribution in [1.29, 1.82) is 0 Å². The first-order valence-corrected chi connectivity index (χ1v) is 7.79. The smallest absolute Gasteiger partial charge is 0.414 e. The fourth-order valence-electron chi connectivity index (χ4n) is 2.96. The largest absolute Gasteiger partial charge is 0.481 e. The number of nitrogens with zero attached hydrogens (tertiary/aromatic N) is 1. The molecule has 2 amide bonds. The van der Waals surface area contributed by atoms with E-state index >= 15 is 0 Å². The number of carboxylic acids is 1. The van der Waals surface area contributed by atoms with Crippen LogP contribution in [0.4, 0.5) is 16.2 Å². The highest BCUT2D eigenvalue weighted by Gasteiger charge is 2.34. The third-order valence-corrected chi connectivity index (χ3v) is 4.29. The summed E-state index contributed by atoms with van der Waals surface area (Å²) >= 11 is 0. The molecule has 1 aromatic carbocycles. The van der Waals surface area contributed by atoms with Crippen LogP contribution in [-0.4, -0.2) is 36.2 Å². The predicted molar refractivity (Wildman–Crippen MR) is 86.8 cm³/mol. The molecule has 0 bridgehead atoms. The van der Waals surface area contributed by atoms with Gasteiger partial charge in [-0.25, -0.2) is 4.79 Å². The maximum absolute atomic E-state index is 12.4. The number of hydrogen-bond acceptors (Lipinski definition) is 4. The minimum absolute atomic E-state index is 0.305. The van der Waals surface area contributed by atoms with Crippen LogP contribution in [0.15, 0.2) is 36.4 Å². The minimum atomic E-state index is -0.956. The molecule has 2 aliphatic rings. The zero-order valence-electron chi connectivity index (χ0n) is 13.0. The molecule has 1 fully saturated rings. The lowest BCUT2D eigenvalue weighted by Gasteiger charge is -2.24. The average Bonchev–Trinajstić information content (AvgIpc) is 3.01. The summed E-state index contributed by atoms with van der Waals surface area (Å²) in [6.07, 6.45) is 4.03. The number of cyclic esters (lactones) is 1. The van der Waals surface area contributed by atoms with Gasteiger partial charge in [0.25, 0.3) is 0 Å². The quantitative estimate of drug-likeness (QED) is 0.826. The Bertz CT molecular complexity index is 683. The Morgan fingerprint density at radius 2 is 1.79 bits per heavy atom. The number of carbonyl (C=O) groups excluding carboxylic acids is 2. The summed E-state index contributed by atoms with van der Waals surface area (Å²) in [7, 11) is 0. The molecule has 0 aromatic heterocycles. The molecule has 0 radical (unpaired) electrons. The van der Waals surface area contributed by atoms with E-state index in [-0.39, 0.29) is 12.0 Å². The van der Waals surface area contributed by atoms with Gasteiger partial charge < -0.3 is 15.2 Å². The first-order valence-electron chi connectivity index (χ1n) is 7.79. The number of carboxylic acid groups (broad SMARTS) is 1. The molecule has 126 valence electrons. The van der Waals surface area contributed by atoms with Crippen molar-refractivity contribution in [2.24, 2.45) is 11.8 Å². The number of nitrogens with one attached hydrogen (secondary N) is 1. The van der Waals surface area contributed by atoms with E-state index in [0.29, 0.717) is 37.4 Å². The maximum Gasteiger partial charge on any atom is 0.414 e. The summed E-state index contributed by atoms with van der Waals surface area (Å²) < 4.78 is 4.88. The number of benzene rings is 1. The summed E-state index contributed by atoms with van der Waals surface area (Å²) in [5, 5.41) is 12.0. The summed E-state index contributed by atoms with van der Waals surface area (Å²) in [6.45, 7) is 0.863. The number of carbonyl (C=O) groups is 3. The third-order valence-electron chi connectivity index (χ3n) is 4.29. The van der Waals surface area contributed by atoms with Crippen LogP contribution in [0.3, 0.4) is 0 Å². The Morgan fingerprint density at radius 3 is 2.38 bits per heavy atom. The van der Waals surface area contributed by atoms with Crippen molar-refractivity contribution >= 4 is 29.3 Å². The highest BCUT2D eigenvalue weighted by atomic mass is 16.6. The molecule has 0 unspecified atom stereocenters. The molecule has 1 heterocycles. The second kappa shape index (κ2) is 6.74. The van der Waals surface area contributed by atoms with Gasteiger partial charge in [0, 0.05) is 11.4 Å². The first kappa shape index (κ1) is 16.0. The number of amides is 2. The van der Waals surface area contributed by atoms with Crippen molar-refractivity contribution in [2.75, 3.05) is 23.4 Å². The number of aliphatic carboxylic acids is 1. The standard InChI is InChI=1S/C17H18N2O5/c20-15(13-3-1-2-4-14(13)16(21)22)18-11-5-7-12(8-6-11)19-9-10-24-17(19)23/h1-2,5-8,13-14H,3-4,9-10H2,(H,18,20)(H,21,22)/t13-,14+/m0/s1. The van der Waals surface area contributed by atoms with Crippen LogP contribution in [0.5, 0.6) is 0 Å². The number of allylic oxidation sites excluding steroid dienone is 2.